The van der Waals surface area contributed by atoms with Gasteiger partial charge < -0.3 is 19.5 Å². The van der Waals surface area contributed by atoms with Crippen molar-refractivity contribution in [2.45, 2.75) is 13.5 Å². The predicted molar refractivity (Wildman–Crippen MR) is 134 cm³/mol. The summed E-state index contributed by atoms with van der Waals surface area (Å²) in [6, 6.07) is 17.8. The van der Waals surface area contributed by atoms with Gasteiger partial charge in [-0.1, -0.05) is 41.9 Å². The van der Waals surface area contributed by atoms with Crippen LogP contribution in [0.5, 0.6) is 0 Å². The highest BCUT2D eigenvalue weighted by Gasteiger charge is 2.22. The summed E-state index contributed by atoms with van der Waals surface area (Å²) in [6.07, 6.45) is 0. The molecule has 0 radical (unpaired) electrons. The van der Waals surface area contributed by atoms with Gasteiger partial charge in [0.05, 0.1) is 23.7 Å². The fourth-order valence-corrected chi connectivity index (χ4v) is 4.93. The SMILES string of the molecule is COCCN(Cc1c(-c2cccs2)n(C)c2ccccc12)C(=O)Nc1cc(Cl)ccc1C. The summed E-state index contributed by atoms with van der Waals surface area (Å²) in [5, 5.41) is 6.84. The number of hydrogen-bond acceptors (Lipinski definition) is 3. The molecule has 2 amide bonds. The zero-order chi connectivity index (χ0) is 22.7. The Bertz CT molecular complexity index is 1230. The predicted octanol–water partition coefficient (Wildman–Crippen LogP) is 6.55. The van der Waals surface area contributed by atoms with Crippen molar-refractivity contribution < 1.29 is 9.53 Å². The first-order valence-corrected chi connectivity index (χ1v) is 11.7. The molecule has 2 aromatic heterocycles. The zero-order valence-electron chi connectivity index (χ0n) is 18.4. The maximum atomic E-state index is 13.3. The Hall–Kier alpha value is -2.80. The molecule has 0 unspecified atom stereocenters. The lowest BCUT2D eigenvalue weighted by molar-refractivity contribution is 0.153. The zero-order valence-corrected chi connectivity index (χ0v) is 20.0. The highest BCUT2D eigenvalue weighted by atomic mass is 35.5. The Morgan fingerprint density at radius 2 is 2.00 bits per heavy atom. The average molecular weight is 468 g/mol. The van der Waals surface area contributed by atoms with Crippen molar-refractivity contribution >= 4 is 45.6 Å². The summed E-state index contributed by atoms with van der Waals surface area (Å²) < 4.78 is 7.51. The number of nitrogens with zero attached hydrogens (tertiary/aromatic N) is 2. The second-order valence-electron chi connectivity index (χ2n) is 7.68. The van der Waals surface area contributed by atoms with E-state index in [9.17, 15) is 4.79 Å². The Kier molecular flexibility index (Phi) is 6.84. The summed E-state index contributed by atoms with van der Waals surface area (Å²) in [7, 11) is 3.72. The van der Waals surface area contributed by atoms with Crippen LogP contribution < -0.4 is 5.32 Å². The molecule has 0 aliphatic heterocycles. The number of urea groups is 1. The van der Waals surface area contributed by atoms with E-state index in [2.05, 4.69) is 46.6 Å². The average Bonchev–Trinajstić information content (AvgIpc) is 3.40. The number of carbonyl (C=O) groups excluding carboxylic acids is 1. The van der Waals surface area contributed by atoms with Gasteiger partial charge in [0.25, 0.3) is 0 Å². The second-order valence-corrected chi connectivity index (χ2v) is 9.07. The normalized spacial score (nSPS) is 11.1. The fraction of sp³-hybridized carbons (Fsp3) is 0.240. The Morgan fingerprint density at radius 1 is 1.19 bits per heavy atom. The number of halogens is 1. The fourth-order valence-electron chi connectivity index (χ4n) is 3.93. The number of nitrogens with one attached hydrogen (secondary N) is 1. The van der Waals surface area contributed by atoms with Gasteiger partial charge >= 0.3 is 6.03 Å². The number of ether oxygens (including phenoxy) is 1. The monoisotopic (exact) mass is 467 g/mol. The van der Waals surface area contributed by atoms with E-state index in [0.29, 0.717) is 30.4 Å². The molecule has 4 rings (SSSR count). The van der Waals surface area contributed by atoms with Crippen molar-refractivity contribution in [3.63, 3.8) is 0 Å². The smallest absolute Gasteiger partial charge is 0.322 e. The first-order valence-electron chi connectivity index (χ1n) is 10.4. The van der Waals surface area contributed by atoms with Crippen LogP contribution in [0.2, 0.25) is 5.02 Å². The molecule has 1 N–H and O–H groups in total. The number of para-hydroxylation sites is 1. The third kappa shape index (κ3) is 4.53. The number of anilines is 1. The molecule has 0 spiro atoms. The molecule has 0 saturated heterocycles. The lowest BCUT2D eigenvalue weighted by Gasteiger charge is -2.24. The Morgan fingerprint density at radius 3 is 2.75 bits per heavy atom. The van der Waals surface area contributed by atoms with E-state index >= 15 is 0 Å². The summed E-state index contributed by atoms with van der Waals surface area (Å²) in [6.45, 7) is 3.32. The van der Waals surface area contributed by atoms with Crippen LogP contribution in [0.3, 0.4) is 0 Å². The molecule has 7 heteroatoms. The van der Waals surface area contributed by atoms with Crippen molar-refractivity contribution in [1.82, 2.24) is 9.47 Å². The van der Waals surface area contributed by atoms with Gasteiger partial charge in [-0.05, 0) is 42.1 Å². The largest absolute Gasteiger partial charge is 0.383 e. The Balaban J connectivity index is 1.72. The molecule has 0 atom stereocenters. The molecule has 5 nitrogen and oxygen atoms in total. The van der Waals surface area contributed by atoms with Crippen LogP contribution in [0, 0.1) is 6.92 Å². The van der Waals surface area contributed by atoms with E-state index in [0.717, 1.165) is 27.7 Å². The quantitative estimate of drug-likeness (QED) is 0.335. The molecule has 2 heterocycles. The van der Waals surface area contributed by atoms with Crippen molar-refractivity contribution in [3.05, 3.63) is 76.1 Å². The number of rotatable bonds is 7. The van der Waals surface area contributed by atoms with Crippen molar-refractivity contribution in [2.75, 3.05) is 25.6 Å². The van der Waals surface area contributed by atoms with Crippen molar-refractivity contribution in [3.8, 4) is 10.6 Å². The number of carbonyl (C=O) groups is 1. The third-order valence-corrected chi connectivity index (χ3v) is 6.72. The highest BCUT2D eigenvalue weighted by Crippen LogP contribution is 2.36. The highest BCUT2D eigenvalue weighted by molar-refractivity contribution is 7.13. The minimum atomic E-state index is -0.183. The van der Waals surface area contributed by atoms with E-state index in [1.807, 2.05) is 31.2 Å². The van der Waals surface area contributed by atoms with Gasteiger partial charge in [-0.2, -0.15) is 0 Å². The number of aromatic nitrogens is 1. The molecule has 32 heavy (non-hydrogen) atoms. The number of benzene rings is 2. The second kappa shape index (κ2) is 9.77. The van der Waals surface area contributed by atoms with Crippen molar-refractivity contribution in [1.29, 1.82) is 0 Å². The first kappa shape index (κ1) is 22.4. The van der Waals surface area contributed by atoms with E-state index in [4.69, 9.17) is 16.3 Å². The van der Waals surface area contributed by atoms with Crippen LogP contribution in [-0.2, 0) is 18.3 Å². The van der Waals surface area contributed by atoms with Gasteiger partial charge in [0.2, 0.25) is 0 Å². The molecule has 0 aliphatic rings. The first-order chi connectivity index (χ1) is 15.5. The van der Waals surface area contributed by atoms with Gasteiger partial charge in [-0.3, -0.25) is 0 Å². The maximum absolute atomic E-state index is 13.3. The van der Waals surface area contributed by atoms with Gasteiger partial charge in [-0.15, -0.1) is 11.3 Å². The number of fused-ring (bicyclic) bond motifs is 1. The molecular weight excluding hydrogens is 442 g/mol. The number of thiophene rings is 1. The summed E-state index contributed by atoms with van der Waals surface area (Å²) >= 11 is 7.85. The van der Waals surface area contributed by atoms with Crippen molar-refractivity contribution in [2.24, 2.45) is 7.05 Å². The number of methoxy groups -OCH3 is 1. The molecule has 0 fully saturated rings. The van der Waals surface area contributed by atoms with Gasteiger partial charge in [0.1, 0.15) is 0 Å². The molecule has 0 bridgehead atoms. The molecule has 4 aromatic rings. The van der Waals surface area contributed by atoms with E-state index in [-0.39, 0.29) is 6.03 Å². The van der Waals surface area contributed by atoms with Crippen LogP contribution >= 0.6 is 22.9 Å². The number of aryl methyl sites for hydroxylation is 2. The number of hydrogen-bond donors (Lipinski definition) is 1. The lowest BCUT2D eigenvalue weighted by Crippen LogP contribution is -2.37. The Labute approximate surface area is 197 Å². The van der Waals surface area contributed by atoms with Crippen LogP contribution in [0.4, 0.5) is 10.5 Å². The summed E-state index contributed by atoms with van der Waals surface area (Å²) in [5.41, 5.74) is 5.07. The van der Waals surface area contributed by atoms with E-state index in [1.165, 1.54) is 4.88 Å². The van der Waals surface area contributed by atoms with E-state index in [1.54, 1.807) is 29.4 Å². The minimum absolute atomic E-state index is 0.183. The minimum Gasteiger partial charge on any atom is -0.383 e. The lowest BCUT2D eigenvalue weighted by atomic mass is 10.1. The number of amides is 2. The molecular formula is C25H26ClN3O2S. The van der Waals surface area contributed by atoms with Gasteiger partial charge in [0.15, 0.2) is 0 Å². The molecule has 166 valence electrons. The standard InChI is InChI=1S/C25H26ClN3O2S/c1-17-10-11-18(26)15-21(17)27-25(30)29(12-13-31-3)16-20-19-7-4-5-8-22(19)28(2)24(20)23-9-6-14-32-23/h4-11,14-15H,12-13,16H2,1-3H3,(H,27,30). The van der Waals surface area contributed by atoms with Crippen LogP contribution in [-0.4, -0.2) is 35.8 Å². The summed E-state index contributed by atoms with van der Waals surface area (Å²) in [5.74, 6) is 0. The van der Waals surface area contributed by atoms with Gasteiger partial charge in [-0.25, -0.2) is 4.79 Å². The molecule has 0 saturated carbocycles. The third-order valence-electron chi connectivity index (χ3n) is 5.61. The van der Waals surface area contributed by atoms with Crippen LogP contribution in [0.25, 0.3) is 21.5 Å². The molecule has 0 aliphatic carbocycles. The van der Waals surface area contributed by atoms with Crippen LogP contribution in [0.1, 0.15) is 11.1 Å². The van der Waals surface area contributed by atoms with Gasteiger partial charge in [0, 0.05) is 47.9 Å². The maximum Gasteiger partial charge on any atom is 0.322 e. The molecule has 2 aromatic carbocycles. The van der Waals surface area contributed by atoms with Crippen LogP contribution in [0.15, 0.2) is 60.0 Å². The topological polar surface area (TPSA) is 46.5 Å². The summed E-state index contributed by atoms with van der Waals surface area (Å²) in [4.78, 5) is 16.3. The van der Waals surface area contributed by atoms with E-state index < -0.39 is 0 Å².